The van der Waals surface area contributed by atoms with Crippen molar-refractivity contribution in [1.82, 2.24) is 5.32 Å². The molecule has 0 aliphatic heterocycles. The molecule has 2 aromatic rings. The molecule has 0 fully saturated rings. The number of aryl methyl sites for hydroxylation is 1. The summed E-state index contributed by atoms with van der Waals surface area (Å²) < 4.78 is 5.89. The van der Waals surface area contributed by atoms with Gasteiger partial charge >= 0.3 is 5.97 Å². The van der Waals surface area contributed by atoms with E-state index in [0.717, 1.165) is 19.3 Å². The number of ether oxygens (including phenoxy) is 1. The van der Waals surface area contributed by atoms with Crippen LogP contribution >= 0.6 is 23.2 Å². The standard InChI is InChI=1S/C26H33Cl2NO4/c1-16(33-22-10-8-18(9-11-23(31)32)24(27)25(22)28)21(30)15-29-26(2,3)14-17-12-19-6-4-5-7-20(19)13-17/h4-8,10,16-17,21,29-30H,9,11-15H2,1-3H3,(H,31,32)/t16-,21-/m0/s1. The Bertz CT molecular complexity index is 954. The molecular formula is C26H33Cl2NO4. The average molecular weight is 494 g/mol. The van der Waals surface area contributed by atoms with E-state index in [1.165, 1.54) is 11.1 Å². The van der Waals surface area contributed by atoms with Gasteiger partial charge in [-0.15, -0.1) is 0 Å². The van der Waals surface area contributed by atoms with E-state index < -0.39 is 18.2 Å². The maximum atomic E-state index is 10.8. The zero-order valence-corrected chi connectivity index (χ0v) is 20.9. The first-order valence-corrected chi connectivity index (χ1v) is 12.2. The third-order valence-electron chi connectivity index (χ3n) is 6.31. The molecule has 0 aromatic heterocycles. The van der Waals surface area contributed by atoms with Crippen LogP contribution in [0.4, 0.5) is 0 Å². The number of halogens is 2. The topological polar surface area (TPSA) is 78.8 Å². The van der Waals surface area contributed by atoms with Crippen molar-refractivity contribution >= 4 is 29.2 Å². The molecule has 0 spiro atoms. The SMILES string of the molecule is C[C@H](Oc1ccc(CCC(=O)O)c(Cl)c1Cl)[C@@H](O)CNC(C)(C)CC1Cc2ccccc2C1. The number of hydrogen-bond donors (Lipinski definition) is 3. The fraction of sp³-hybridized carbons (Fsp3) is 0.500. The Morgan fingerprint density at radius 1 is 1.15 bits per heavy atom. The second-order valence-electron chi connectivity index (χ2n) is 9.65. The minimum absolute atomic E-state index is 0.0280. The van der Waals surface area contributed by atoms with E-state index >= 15 is 0 Å². The molecule has 3 N–H and O–H groups in total. The number of aliphatic hydroxyl groups excluding tert-OH is 1. The van der Waals surface area contributed by atoms with Crippen LogP contribution in [0.3, 0.4) is 0 Å². The maximum Gasteiger partial charge on any atom is 0.303 e. The number of rotatable bonds is 11. The van der Waals surface area contributed by atoms with Crippen molar-refractivity contribution < 1.29 is 19.7 Å². The summed E-state index contributed by atoms with van der Waals surface area (Å²) in [5.41, 5.74) is 3.43. The van der Waals surface area contributed by atoms with Crippen molar-refractivity contribution in [2.45, 2.75) is 70.6 Å². The number of aliphatic hydroxyl groups is 1. The van der Waals surface area contributed by atoms with Gasteiger partial charge < -0.3 is 20.3 Å². The highest BCUT2D eigenvalue weighted by molar-refractivity contribution is 6.43. The Morgan fingerprint density at radius 2 is 1.79 bits per heavy atom. The lowest BCUT2D eigenvalue weighted by Gasteiger charge is -2.32. The monoisotopic (exact) mass is 493 g/mol. The third kappa shape index (κ3) is 7.10. The van der Waals surface area contributed by atoms with Crippen LogP contribution in [0.15, 0.2) is 36.4 Å². The molecule has 0 unspecified atom stereocenters. The first-order valence-electron chi connectivity index (χ1n) is 11.4. The number of β-amino-alcohol motifs (C(OH)–C–C–N with tert-alkyl or cyclic N) is 1. The number of carboxylic acid groups (broad SMARTS) is 1. The summed E-state index contributed by atoms with van der Waals surface area (Å²) >= 11 is 12.6. The molecule has 180 valence electrons. The lowest BCUT2D eigenvalue weighted by atomic mass is 9.88. The largest absolute Gasteiger partial charge is 0.486 e. The number of aliphatic carboxylic acids is 1. The van der Waals surface area contributed by atoms with Gasteiger partial charge in [0.25, 0.3) is 0 Å². The minimum atomic E-state index is -0.896. The van der Waals surface area contributed by atoms with Crippen LogP contribution < -0.4 is 10.1 Å². The lowest BCUT2D eigenvalue weighted by Crippen LogP contribution is -2.48. The molecule has 0 heterocycles. The van der Waals surface area contributed by atoms with Gasteiger partial charge in [0.2, 0.25) is 0 Å². The van der Waals surface area contributed by atoms with Crippen LogP contribution in [-0.2, 0) is 24.1 Å². The molecule has 3 rings (SSSR count). The van der Waals surface area contributed by atoms with E-state index in [1.54, 1.807) is 19.1 Å². The summed E-state index contributed by atoms with van der Waals surface area (Å²) in [6.07, 6.45) is 2.23. The minimum Gasteiger partial charge on any atom is -0.486 e. The van der Waals surface area contributed by atoms with Crippen LogP contribution in [0.25, 0.3) is 0 Å². The molecule has 1 aliphatic rings. The summed E-state index contributed by atoms with van der Waals surface area (Å²) in [6, 6.07) is 12.0. The van der Waals surface area contributed by atoms with Gasteiger partial charge in [-0.2, -0.15) is 0 Å². The quantitative estimate of drug-likeness (QED) is 0.395. The smallest absolute Gasteiger partial charge is 0.303 e. The summed E-state index contributed by atoms with van der Waals surface area (Å²) in [7, 11) is 0. The summed E-state index contributed by atoms with van der Waals surface area (Å²) in [5.74, 6) is 0.0683. The highest BCUT2D eigenvalue weighted by atomic mass is 35.5. The van der Waals surface area contributed by atoms with Gasteiger partial charge in [-0.1, -0.05) is 53.5 Å². The molecule has 0 bridgehead atoms. The Morgan fingerprint density at radius 3 is 2.39 bits per heavy atom. The van der Waals surface area contributed by atoms with Crippen LogP contribution in [0.2, 0.25) is 10.0 Å². The highest BCUT2D eigenvalue weighted by Gasteiger charge is 2.29. The molecule has 0 radical (unpaired) electrons. The summed E-state index contributed by atoms with van der Waals surface area (Å²) in [6.45, 7) is 6.51. The van der Waals surface area contributed by atoms with Gasteiger partial charge in [-0.25, -0.2) is 0 Å². The molecule has 0 saturated heterocycles. The molecular weight excluding hydrogens is 461 g/mol. The fourth-order valence-corrected chi connectivity index (χ4v) is 4.99. The van der Waals surface area contributed by atoms with Crippen molar-refractivity contribution in [3.05, 3.63) is 63.1 Å². The molecule has 1 aliphatic carbocycles. The van der Waals surface area contributed by atoms with E-state index in [9.17, 15) is 9.90 Å². The fourth-order valence-electron chi connectivity index (χ4n) is 4.51. The number of fused-ring (bicyclic) bond motifs is 1. The first kappa shape index (κ1) is 25.8. The maximum absolute atomic E-state index is 10.8. The number of carboxylic acids is 1. The van der Waals surface area contributed by atoms with Gasteiger partial charge in [0.15, 0.2) is 0 Å². The molecule has 2 atom stereocenters. The molecule has 0 saturated carbocycles. The van der Waals surface area contributed by atoms with Gasteiger partial charge in [0, 0.05) is 18.5 Å². The Kier molecular flexibility index (Phi) is 8.68. The van der Waals surface area contributed by atoms with Crippen molar-refractivity contribution in [3.8, 4) is 5.75 Å². The van der Waals surface area contributed by atoms with Gasteiger partial charge in [0.05, 0.1) is 5.02 Å². The van der Waals surface area contributed by atoms with E-state index in [1.807, 2.05) is 0 Å². The highest BCUT2D eigenvalue weighted by Crippen LogP contribution is 2.36. The van der Waals surface area contributed by atoms with Gasteiger partial charge in [-0.3, -0.25) is 4.79 Å². The van der Waals surface area contributed by atoms with Crippen LogP contribution in [-0.4, -0.2) is 40.5 Å². The van der Waals surface area contributed by atoms with Crippen LogP contribution in [0.1, 0.15) is 50.3 Å². The van der Waals surface area contributed by atoms with Crippen LogP contribution in [0.5, 0.6) is 5.75 Å². The zero-order chi connectivity index (χ0) is 24.2. The third-order valence-corrected chi connectivity index (χ3v) is 7.22. The Labute approximate surface area is 206 Å². The van der Waals surface area contributed by atoms with Gasteiger partial charge in [0.1, 0.15) is 23.0 Å². The predicted molar refractivity (Wildman–Crippen MR) is 133 cm³/mol. The molecule has 0 amide bonds. The Balaban J connectivity index is 1.50. The number of hydrogen-bond acceptors (Lipinski definition) is 4. The molecule has 7 heteroatoms. The number of benzene rings is 2. The van der Waals surface area contributed by atoms with Crippen molar-refractivity contribution in [2.75, 3.05) is 6.54 Å². The summed E-state index contributed by atoms with van der Waals surface area (Å²) in [5, 5.41) is 23.6. The van der Waals surface area contributed by atoms with Crippen molar-refractivity contribution in [3.63, 3.8) is 0 Å². The summed E-state index contributed by atoms with van der Waals surface area (Å²) in [4.78, 5) is 10.8. The van der Waals surface area contributed by atoms with Crippen LogP contribution in [0, 0.1) is 5.92 Å². The van der Waals surface area contributed by atoms with Gasteiger partial charge in [-0.05, 0) is 75.1 Å². The Hall–Kier alpha value is -1.79. The normalized spacial score (nSPS) is 15.8. The number of carbonyl (C=O) groups is 1. The van der Waals surface area contributed by atoms with Crippen molar-refractivity contribution in [2.24, 2.45) is 5.92 Å². The predicted octanol–water partition coefficient (Wildman–Crippen LogP) is 5.31. The zero-order valence-electron chi connectivity index (χ0n) is 19.4. The van der Waals surface area contributed by atoms with E-state index in [-0.39, 0.29) is 28.4 Å². The second-order valence-corrected chi connectivity index (χ2v) is 10.4. The molecule has 33 heavy (non-hydrogen) atoms. The molecule has 5 nitrogen and oxygen atoms in total. The second kappa shape index (κ2) is 11.1. The van der Waals surface area contributed by atoms with E-state index in [2.05, 4.69) is 43.4 Å². The van der Waals surface area contributed by atoms with E-state index in [0.29, 0.717) is 23.8 Å². The average Bonchev–Trinajstić information content (AvgIpc) is 3.16. The lowest BCUT2D eigenvalue weighted by molar-refractivity contribution is -0.136. The molecule has 2 aromatic carbocycles. The van der Waals surface area contributed by atoms with Crippen molar-refractivity contribution in [1.29, 1.82) is 0 Å². The number of nitrogens with one attached hydrogen (secondary N) is 1. The first-order chi connectivity index (χ1) is 15.6. The van der Waals surface area contributed by atoms with E-state index in [4.69, 9.17) is 33.0 Å².